The van der Waals surface area contributed by atoms with Gasteiger partial charge < -0.3 is 39.7 Å². The van der Waals surface area contributed by atoms with Crippen LogP contribution in [0.15, 0.2) is 54.6 Å². The molecule has 0 radical (unpaired) electrons. The van der Waals surface area contributed by atoms with E-state index in [1.54, 1.807) is 32.1 Å². The summed E-state index contributed by atoms with van der Waals surface area (Å²) < 4.78 is 16.8. The number of phenolic OH excluding ortho intramolecular Hbond substituents is 1. The van der Waals surface area contributed by atoms with E-state index in [1.165, 1.54) is 18.2 Å². The Hall–Kier alpha value is -2.53. The average Bonchev–Trinajstić information content (AvgIpc) is 2.83. The zero-order valence-electron chi connectivity index (χ0n) is 19.4. The third kappa shape index (κ3) is 7.76. The van der Waals surface area contributed by atoms with Crippen LogP contribution in [0.5, 0.6) is 5.75 Å². The Morgan fingerprint density at radius 1 is 1.21 bits per heavy atom. The number of aliphatic hydroxyl groups excluding tert-OH is 4. The van der Waals surface area contributed by atoms with Gasteiger partial charge in [-0.15, -0.1) is 6.58 Å². The molecule has 1 saturated heterocycles. The van der Waals surface area contributed by atoms with Gasteiger partial charge in [0.2, 0.25) is 0 Å². The fourth-order valence-corrected chi connectivity index (χ4v) is 3.36. The number of hydrogen-bond acceptors (Lipinski definition) is 9. The van der Waals surface area contributed by atoms with Gasteiger partial charge in [-0.1, -0.05) is 29.9 Å². The van der Waals surface area contributed by atoms with Crippen molar-refractivity contribution in [3.05, 3.63) is 60.2 Å². The number of carbonyl (C=O) groups is 1. The summed E-state index contributed by atoms with van der Waals surface area (Å²) in [6, 6.07) is 6.11. The summed E-state index contributed by atoms with van der Waals surface area (Å²) in [5.74, 6) is -0.726. The highest BCUT2D eigenvalue weighted by Gasteiger charge is 2.48. The summed E-state index contributed by atoms with van der Waals surface area (Å²) in [4.78, 5) is 12.3. The second-order valence-electron chi connectivity index (χ2n) is 8.41. The molecule has 1 aromatic carbocycles. The molecule has 6 atom stereocenters. The van der Waals surface area contributed by atoms with Crippen LogP contribution in [0.25, 0.3) is 6.08 Å². The fourth-order valence-electron chi connectivity index (χ4n) is 3.36. The lowest BCUT2D eigenvalue weighted by Crippen LogP contribution is -2.61. The lowest BCUT2D eigenvalue weighted by Gasteiger charge is -2.43. The molecule has 0 amide bonds. The highest BCUT2D eigenvalue weighted by atomic mass is 16.7. The van der Waals surface area contributed by atoms with Crippen molar-refractivity contribution in [2.45, 2.75) is 63.0 Å². The molecule has 0 aliphatic carbocycles. The van der Waals surface area contributed by atoms with E-state index in [9.17, 15) is 25.2 Å². The third-order valence-electron chi connectivity index (χ3n) is 5.58. The van der Waals surface area contributed by atoms with Gasteiger partial charge in [0.05, 0.1) is 18.8 Å². The molecule has 1 aliphatic rings. The average molecular weight is 479 g/mol. The summed E-state index contributed by atoms with van der Waals surface area (Å²) in [5, 5.41) is 49.4. The van der Waals surface area contributed by atoms with Gasteiger partial charge >= 0.3 is 5.97 Å². The first-order chi connectivity index (χ1) is 16.1. The van der Waals surface area contributed by atoms with E-state index in [0.29, 0.717) is 18.4 Å². The predicted molar refractivity (Wildman–Crippen MR) is 125 cm³/mol. The van der Waals surface area contributed by atoms with Gasteiger partial charge in [0.15, 0.2) is 12.4 Å². The third-order valence-corrected chi connectivity index (χ3v) is 5.58. The molecular weight excluding hydrogens is 444 g/mol. The first-order valence-corrected chi connectivity index (χ1v) is 11.0. The van der Waals surface area contributed by atoms with Gasteiger partial charge in [-0.05, 0) is 50.5 Å². The Morgan fingerprint density at radius 3 is 2.47 bits per heavy atom. The number of allylic oxidation sites excluding steroid dienone is 1. The zero-order valence-corrected chi connectivity index (χ0v) is 19.4. The molecule has 34 heavy (non-hydrogen) atoms. The normalized spacial score (nSPS) is 27.4. The van der Waals surface area contributed by atoms with Crippen LogP contribution in [0.3, 0.4) is 0 Å². The second kappa shape index (κ2) is 12.8. The van der Waals surface area contributed by atoms with Crippen molar-refractivity contribution in [1.82, 2.24) is 0 Å². The van der Waals surface area contributed by atoms with Crippen LogP contribution in [-0.2, 0) is 19.0 Å². The van der Waals surface area contributed by atoms with Crippen molar-refractivity contribution < 1.29 is 44.5 Å². The maximum atomic E-state index is 12.3. The van der Waals surface area contributed by atoms with E-state index in [0.717, 1.165) is 11.6 Å². The van der Waals surface area contributed by atoms with Gasteiger partial charge in [-0.2, -0.15) is 0 Å². The number of phenols is 1. The van der Waals surface area contributed by atoms with Crippen molar-refractivity contribution in [3.8, 4) is 5.75 Å². The molecule has 0 unspecified atom stereocenters. The van der Waals surface area contributed by atoms with Crippen LogP contribution in [0.4, 0.5) is 0 Å². The molecule has 188 valence electrons. The number of carbonyl (C=O) groups excluding carboxylic acids is 1. The lowest BCUT2D eigenvalue weighted by molar-refractivity contribution is -0.320. The highest BCUT2D eigenvalue weighted by Crippen LogP contribution is 2.30. The Morgan fingerprint density at radius 2 is 1.88 bits per heavy atom. The second-order valence-corrected chi connectivity index (χ2v) is 8.41. The first-order valence-electron chi connectivity index (χ1n) is 11.0. The van der Waals surface area contributed by atoms with Gasteiger partial charge in [0, 0.05) is 6.08 Å². The summed E-state index contributed by atoms with van der Waals surface area (Å²) in [6.45, 7) is 6.66. The van der Waals surface area contributed by atoms with E-state index in [2.05, 4.69) is 6.58 Å². The number of rotatable bonds is 11. The van der Waals surface area contributed by atoms with Crippen LogP contribution in [0.1, 0.15) is 32.3 Å². The predicted octanol–water partition coefficient (Wildman–Crippen LogP) is 1.44. The Balaban J connectivity index is 2.04. The summed E-state index contributed by atoms with van der Waals surface area (Å²) >= 11 is 0. The summed E-state index contributed by atoms with van der Waals surface area (Å²) in [7, 11) is 0. The SMILES string of the molecule is C=C[C@](C)(CC/C=C(\C)CO)O[C@@H]1O[C@H](CO)[C@@H](OC(=O)/C=C/c2ccc(O)cc2)[C@H](O)[C@H]1O. The van der Waals surface area contributed by atoms with Crippen LogP contribution < -0.4 is 0 Å². The summed E-state index contributed by atoms with van der Waals surface area (Å²) in [5.41, 5.74) is 0.504. The minimum absolute atomic E-state index is 0.0509. The molecule has 9 nitrogen and oxygen atoms in total. The molecule has 9 heteroatoms. The largest absolute Gasteiger partial charge is 0.508 e. The van der Waals surface area contributed by atoms with Crippen LogP contribution >= 0.6 is 0 Å². The Kier molecular flexibility index (Phi) is 10.4. The van der Waals surface area contributed by atoms with Crippen molar-refractivity contribution in [1.29, 1.82) is 0 Å². The van der Waals surface area contributed by atoms with Gasteiger partial charge in [-0.3, -0.25) is 0 Å². The lowest BCUT2D eigenvalue weighted by atomic mass is 9.96. The van der Waals surface area contributed by atoms with E-state index < -0.39 is 48.9 Å². The first kappa shape index (κ1) is 27.7. The van der Waals surface area contributed by atoms with Crippen LogP contribution in [-0.4, -0.2) is 81.0 Å². The number of benzene rings is 1. The van der Waals surface area contributed by atoms with Crippen LogP contribution in [0, 0.1) is 0 Å². The Labute approximate surface area is 199 Å². The molecule has 2 rings (SSSR count). The van der Waals surface area contributed by atoms with Gasteiger partial charge in [-0.25, -0.2) is 4.79 Å². The maximum absolute atomic E-state index is 12.3. The van der Waals surface area contributed by atoms with Gasteiger partial charge in [0.1, 0.15) is 24.1 Å². The molecule has 1 fully saturated rings. The molecule has 0 spiro atoms. The standard InChI is InChI=1S/C25H34O9/c1-4-25(3,13-5-6-16(2)14-26)34-24-22(31)21(30)23(19(15-27)32-24)33-20(29)12-9-17-7-10-18(28)11-8-17/h4,6-12,19,21-24,26-28,30-31H,1,5,13-15H2,2-3H3/b12-9+,16-6+/t19-,21-,22-,23-,24+,25-/m1/s1. The van der Waals surface area contributed by atoms with E-state index in [1.807, 2.05) is 6.08 Å². The minimum atomic E-state index is -1.58. The van der Waals surface area contributed by atoms with E-state index in [-0.39, 0.29) is 12.4 Å². The molecule has 0 saturated carbocycles. The number of hydrogen-bond donors (Lipinski definition) is 5. The summed E-state index contributed by atoms with van der Waals surface area (Å²) in [6.07, 6.45) is 0.0980. The van der Waals surface area contributed by atoms with Crippen molar-refractivity contribution in [2.24, 2.45) is 0 Å². The quantitative estimate of drug-likeness (QED) is 0.181. The highest BCUT2D eigenvalue weighted by molar-refractivity contribution is 5.87. The Bertz CT molecular complexity index is 862. The smallest absolute Gasteiger partial charge is 0.331 e. The van der Waals surface area contributed by atoms with Crippen LogP contribution in [0.2, 0.25) is 0 Å². The number of aliphatic hydroxyl groups is 4. The van der Waals surface area contributed by atoms with Crippen molar-refractivity contribution in [3.63, 3.8) is 0 Å². The monoisotopic (exact) mass is 478 g/mol. The number of aromatic hydroxyl groups is 1. The van der Waals surface area contributed by atoms with E-state index >= 15 is 0 Å². The molecule has 0 aromatic heterocycles. The maximum Gasteiger partial charge on any atom is 0.331 e. The molecule has 5 N–H and O–H groups in total. The topological polar surface area (TPSA) is 146 Å². The van der Waals surface area contributed by atoms with E-state index in [4.69, 9.17) is 19.3 Å². The molecule has 1 aliphatic heterocycles. The molecule has 1 aromatic rings. The van der Waals surface area contributed by atoms with Gasteiger partial charge in [0.25, 0.3) is 0 Å². The van der Waals surface area contributed by atoms with Crippen molar-refractivity contribution in [2.75, 3.05) is 13.2 Å². The molecular formula is C25H34O9. The number of ether oxygens (including phenoxy) is 3. The minimum Gasteiger partial charge on any atom is -0.508 e. The molecule has 1 heterocycles. The zero-order chi connectivity index (χ0) is 25.3. The fraction of sp³-hybridized carbons (Fsp3) is 0.480. The van der Waals surface area contributed by atoms with Crippen molar-refractivity contribution >= 4 is 12.0 Å². The molecule has 0 bridgehead atoms. The number of esters is 1.